The van der Waals surface area contributed by atoms with E-state index in [0.717, 1.165) is 0 Å². The van der Waals surface area contributed by atoms with Gasteiger partial charge in [-0.15, -0.1) is 0 Å². The molecule has 0 aromatic carbocycles. The minimum atomic E-state index is -3.73. The summed E-state index contributed by atoms with van der Waals surface area (Å²) in [6.45, 7) is 0.497. The lowest BCUT2D eigenvalue weighted by Gasteiger charge is -2.33. The van der Waals surface area contributed by atoms with Gasteiger partial charge in [0.15, 0.2) is 0 Å². The lowest BCUT2D eigenvalue weighted by Crippen LogP contribution is -2.49. The van der Waals surface area contributed by atoms with Gasteiger partial charge in [0.25, 0.3) is 0 Å². The average molecular weight is 286 g/mol. The molecule has 1 saturated heterocycles. The van der Waals surface area contributed by atoms with Crippen LogP contribution in [0.5, 0.6) is 0 Å². The van der Waals surface area contributed by atoms with Crippen molar-refractivity contribution in [2.75, 3.05) is 19.8 Å². The number of aromatic nitrogens is 1. The average Bonchev–Trinajstić information content (AvgIpc) is 2.39. The number of rotatable bonds is 4. The van der Waals surface area contributed by atoms with Gasteiger partial charge in [0.1, 0.15) is 4.90 Å². The molecular weight excluding hydrogens is 272 g/mol. The van der Waals surface area contributed by atoms with E-state index >= 15 is 0 Å². The van der Waals surface area contributed by atoms with Gasteiger partial charge in [-0.2, -0.15) is 4.31 Å². The van der Waals surface area contributed by atoms with Gasteiger partial charge in [0.05, 0.1) is 25.7 Å². The van der Waals surface area contributed by atoms with Crippen molar-refractivity contribution in [1.29, 1.82) is 0 Å². The van der Waals surface area contributed by atoms with E-state index in [1.165, 1.54) is 28.8 Å². The SMILES string of the molecule is O=C(O)CC1COCCN1S(=O)(=O)c1cccnc1. The Labute approximate surface area is 110 Å². The predicted octanol–water partition coefficient (Wildman–Crippen LogP) is -0.0542. The lowest BCUT2D eigenvalue weighted by atomic mass is 10.2. The summed E-state index contributed by atoms with van der Waals surface area (Å²) in [5.41, 5.74) is 0. The molecule has 8 heteroatoms. The number of sulfonamides is 1. The monoisotopic (exact) mass is 286 g/mol. The van der Waals surface area contributed by atoms with Crippen molar-refractivity contribution in [3.05, 3.63) is 24.5 Å². The molecule has 0 bridgehead atoms. The van der Waals surface area contributed by atoms with Crippen molar-refractivity contribution in [3.63, 3.8) is 0 Å². The van der Waals surface area contributed by atoms with Crippen LogP contribution < -0.4 is 0 Å². The molecule has 0 radical (unpaired) electrons. The molecule has 0 saturated carbocycles. The summed E-state index contributed by atoms with van der Waals surface area (Å²) in [4.78, 5) is 14.6. The fourth-order valence-corrected chi connectivity index (χ4v) is 3.51. The fraction of sp³-hybridized carbons (Fsp3) is 0.455. The molecular formula is C11H14N2O5S. The maximum absolute atomic E-state index is 12.4. The van der Waals surface area contributed by atoms with Gasteiger partial charge in [0.2, 0.25) is 10.0 Å². The van der Waals surface area contributed by atoms with E-state index in [2.05, 4.69) is 4.98 Å². The molecule has 0 aliphatic carbocycles. The minimum Gasteiger partial charge on any atom is -0.481 e. The standard InChI is InChI=1S/C11H14N2O5S/c14-11(15)6-9-8-18-5-4-13(9)19(16,17)10-2-1-3-12-7-10/h1-3,7,9H,4-6,8H2,(H,14,15). The third-order valence-corrected chi connectivity index (χ3v) is 4.76. The number of carboxylic acids is 1. The number of morpholine rings is 1. The Balaban J connectivity index is 2.29. The van der Waals surface area contributed by atoms with E-state index in [-0.39, 0.29) is 31.1 Å². The molecule has 1 aromatic rings. The molecule has 1 atom stereocenters. The first kappa shape index (κ1) is 13.9. The third kappa shape index (κ3) is 3.09. The maximum atomic E-state index is 12.4. The summed E-state index contributed by atoms with van der Waals surface area (Å²) in [5.74, 6) is -1.05. The van der Waals surface area contributed by atoms with Crippen LogP contribution in [0.25, 0.3) is 0 Å². The number of hydrogen-bond donors (Lipinski definition) is 1. The van der Waals surface area contributed by atoms with E-state index in [0.29, 0.717) is 0 Å². The van der Waals surface area contributed by atoms with Crippen molar-refractivity contribution in [2.45, 2.75) is 17.4 Å². The maximum Gasteiger partial charge on any atom is 0.305 e. The zero-order chi connectivity index (χ0) is 13.9. The highest BCUT2D eigenvalue weighted by molar-refractivity contribution is 7.89. The van der Waals surface area contributed by atoms with Gasteiger partial charge < -0.3 is 9.84 Å². The Kier molecular flexibility index (Phi) is 4.13. The second-order valence-electron chi connectivity index (χ2n) is 4.13. The Morgan fingerprint density at radius 2 is 2.37 bits per heavy atom. The summed E-state index contributed by atoms with van der Waals surface area (Å²) in [6, 6.07) is 2.28. The molecule has 1 aliphatic heterocycles. The van der Waals surface area contributed by atoms with Gasteiger partial charge in [-0.05, 0) is 12.1 Å². The van der Waals surface area contributed by atoms with E-state index < -0.39 is 22.0 Å². The quantitative estimate of drug-likeness (QED) is 0.833. The molecule has 2 rings (SSSR count). The molecule has 7 nitrogen and oxygen atoms in total. The van der Waals surface area contributed by atoms with Crippen LogP contribution in [0.15, 0.2) is 29.4 Å². The van der Waals surface area contributed by atoms with Crippen LogP contribution in [0.2, 0.25) is 0 Å². The van der Waals surface area contributed by atoms with Gasteiger partial charge in [-0.1, -0.05) is 0 Å². The van der Waals surface area contributed by atoms with Gasteiger partial charge >= 0.3 is 5.97 Å². The molecule has 1 unspecified atom stereocenters. The summed E-state index contributed by atoms with van der Waals surface area (Å²) in [6.07, 6.45) is 2.45. The molecule has 19 heavy (non-hydrogen) atoms. The summed E-state index contributed by atoms with van der Waals surface area (Å²) >= 11 is 0. The van der Waals surface area contributed by atoms with Crippen molar-refractivity contribution in [2.24, 2.45) is 0 Å². The smallest absolute Gasteiger partial charge is 0.305 e. The minimum absolute atomic E-state index is 0.0623. The second kappa shape index (κ2) is 5.64. The van der Waals surface area contributed by atoms with E-state index in [1.54, 1.807) is 0 Å². The largest absolute Gasteiger partial charge is 0.481 e. The number of pyridine rings is 1. The van der Waals surface area contributed by atoms with Crippen LogP contribution in [-0.4, -0.2) is 54.6 Å². The molecule has 2 heterocycles. The van der Waals surface area contributed by atoms with E-state index in [4.69, 9.17) is 9.84 Å². The van der Waals surface area contributed by atoms with Crippen molar-refractivity contribution >= 4 is 16.0 Å². The Morgan fingerprint density at radius 1 is 1.58 bits per heavy atom. The topological polar surface area (TPSA) is 96.8 Å². The molecule has 1 aliphatic rings. The molecule has 1 fully saturated rings. The van der Waals surface area contributed by atoms with Crippen LogP contribution in [-0.2, 0) is 19.6 Å². The highest BCUT2D eigenvalue weighted by atomic mass is 32.2. The zero-order valence-corrected chi connectivity index (χ0v) is 10.9. The number of nitrogens with zero attached hydrogens (tertiary/aromatic N) is 2. The zero-order valence-electron chi connectivity index (χ0n) is 10.1. The first-order valence-corrected chi connectivity index (χ1v) is 7.17. The normalized spacial score (nSPS) is 21.2. The van der Waals surface area contributed by atoms with Crippen LogP contribution >= 0.6 is 0 Å². The van der Waals surface area contributed by atoms with Crippen LogP contribution in [0.1, 0.15) is 6.42 Å². The van der Waals surface area contributed by atoms with Gasteiger partial charge in [0, 0.05) is 18.9 Å². The van der Waals surface area contributed by atoms with Crippen molar-refractivity contribution in [3.8, 4) is 0 Å². The van der Waals surface area contributed by atoms with Crippen LogP contribution in [0, 0.1) is 0 Å². The fourth-order valence-electron chi connectivity index (χ4n) is 1.95. The number of carboxylic acid groups (broad SMARTS) is 1. The summed E-state index contributed by atoms with van der Waals surface area (Å²) < 4.78 is 31.2. The first-order valence-electron chi connectivity index (χ1n) is 5.73. The molecule has 0 spiro atoms. The van der Waals surface area contributed by atoms with E-state index in [1.807, 2.05) is 0 Å². The molecule has 1 N–H and O–H groups in total. The molecule has 1 aromatic heterocycles. The Hall–Kier alpha value is -1.51. The number of carbonyl (C=O) groups is 1. The van der Waals surface area contributed by atoms with E-state index in [9.17, 15) is 13.2 Å². The summed E-state index contributed by atoms with van der Waals surface area (Å²) in [7, 11) is -3.73. The third-order valence-electron chi connectivity index (χ3n) is 2.82. The molecule has 104 valence electrons. The Bertz CT molecular complexity index is 545. The van der Waals surface area contributed by atoms with Crippen LogP contribution in [0.3, 0.4) is 0 Å². The predicted molar refractivity (Wildman–Crippen MR) is 65.0 cm³/mol. The highest BCUT2D eigenvalue weighted by Crippen LogP contribution is 2.21. The van der Waals surface area contributed by atoms with Crippen molar-refractivity contribution in [1.82, 2.24) is 9.29 Å². The van der Waals surface area contributed by atoms with Crippen molar-refractivity contribution < 1.29 is 23.1 Å². The highest BCUT2D eigenvalue weighted by Gasteiger charge is 2.35. The number of hydrogen-bond acceptors (Lipinski definition) is 5. The van der Waals surface area contributed by atoms with Crippen LogP contribution in [0.4, 0.5) is 0 Å². The second-order valence-corrected chi connectivity index (χ2v) is 6.02. The van der Waals surface area contributed by atoms with Gasteiger partial charge in [-0.3, -0.25) is 9.78 Å². The number of aliphatic carboxylic acids is 1. The number of ether oxygens (including phenoxy) is 1. The first-order chi connectivity index (χ1) is 9.01. The molecule has 0 amide bonds. The Morgan fingerprint density at radius 3 is 3.00 bits per heavy atom. The lowest BCUT2D eigenvalue weighted by molar-refractivity contribution is -0.139. The summed E-state index contributed by atoms with van der Waals surface area (Å²) in [5, 5.41) is 8.83. The van der Waals surface area contributed by atoms with Gasteiger partial charge in [-0.25, -0.2) is 8.42 Å².